The number of ether oxygens (including phenoxy) is 1. The molecule has 0 saturated heterocycles. The number of esters is 1. The minimum Gasteiger partial charge on any atom is -0.465 e. The fraction of sp³-hybridized carbons (Fsp3) is 0.700. The van der Waals surface area contributed by atoms with Crippen LogP contribution in [0, 0.1) is 0 Å². The summed E-state index contributed by atoms with van der Waals surface area (Å²) >= 11 is 0. The Hall–Kier alpha value is -0.680. The van der Waals surface area contributed by atoms with Gasteiger partial charge in [-0.1, -0.05) is 25.0 Å². The number of rotatable bonds is 7. The van der Waals surface area contributed by atoms with E-state index in [1.807, 2.05) is 6.92 Å². The van der Waals surface area contributed by atoms with Crippen molar-refractivity contribution in [2.45, 2.75) is 32.7 Å². The average Bonchev–Trinajstić information content (AvgIpc) is 2.15. The fourth-order valence-electron chi connectivity index (χ4n) is 1.36. The quantitative estimate of drug-likeness (QED) is 0.356. The molecular formula is C10H20NO5P. The predicted molar refractivity (Wildman–Crippen MR) is 64.5 cm³/mol. The summed E-state index contributed by atoms with van der Waals surface area (Å²) in [5.74, 6) is -0.591. The lowest BCUT2D eigenvalue weighted by molar-refractivity contribution is -0.143. The minimum atomic E-state index is -4.13. The standard InChI is InChI=1S/C10H20NO5P/c1-3-5-8(7-17(13,14)15)6-9(11)10(12)16-4-2/h6,9H,3-5,7,11H2,1-2H3,(H2,13,14,15). The molecule has 7 heteroatoms. The minimum absolute atomic E-state index is 0.224. The Bertz CT molecular complexity index is 323. The van der Waals surface area contributed by atoms with Crippen molar-refractivity contribution in [3.63, 3.8) is 0 Å². The van der Waals surface area contributed by atoms with E-state index in [2.05, 4.69) is 0 Å². The van der Waals surface area contributed by atoms with E-state index in [-0.39, 0.29) is 12.8 Å². The highest BCUT2D eigenvalue weighted by Gasteiger charge is 2.18. The lowest BCUT2D eigenvalue weighted by Gasteiger charge is -2.11. The van der Waals surface area contributed by atoms with Gasteiger partial charge in [-0.2, -0.15) is 0 Å². The zero-order valence-electron chi connectivity index (χ0n) is 10.1. The number of carbonyl (C=O) groups is 1. The summed E-state index contributed by atoms with van der Waals surface area (Å²) in [6.45, 7) is 3.77. The molecule has 1 atom stereocenters. The lowest BCUT2D eigenvalue weighted by atomic mass is 10.1. The second-order valence-electron chi connectivity index (χ2n) is 3.68. The van der Waals surface area contributed by atoms with Gasteiger partial charge in [0.05, 0.1) is 12.8 Å². The van der Waals surface area contributed by atoms with E-state index in [9.17, 15) is 9.36 Å². The maximum atomic E-state index is 11.3. The molecule has 0 rings (SSSR count). The van der Waals surface area contributed by atoms with Crippen LogP contribution in [-0.4, -0.2) is 34.6 Å². The Labute approximate surface area is 101 Å². The first-order valence-electron chi connectivity index (χ1n) is 5.46. The van der Waals surface area contributed by atoms with Crippen molar-refractivity contribution < 1.29 is 23.9 Å². The molecule has 0 bridgehead atoms. The van der Waals surface area contributed by atoms with Gasteiger partial charge in [0, 0.05) is 0 Å². The normalized spacial score (nSPS) is 14.5. The molecule has 0 aromatic rings. The maximum Gasteiger partial charge on any atom is 0.329 e. The van der Waals surface area contributed by atoms with Crippen LogP contribution >= 0.6 is 7.60 Å². The van der Waals surface area contributed by atoms with Crippen LogP contribution in [0.5, 0.6) is 0 Å². The third-order valence-electron chi connectivity index (χ3n) is 1.95. The molecule has 1 unspecified atom stereocenters. The molecule has 6 nitrogen and oxygen atoms in total. The highest BCUT2D eigenvalue weighted by molar-refractivity contribution is 7.52. The van der Waals surface area contributed by atoms with Crippen LogP contribution in [0.2, 0.25) is 0 Å². The average molecular weight is 265 g/mol. The molecule has 17 heavy (non-hydrogen) atoms. The van der Waals surface area contributed by atoms with E-state index < -0.39 is 19.6 Å². The molecule has 0 amide bonds. The third-order valence-corrected chi connectivity index (χ3v) is 2.77. The zero-order valence-corrected chi connectivity index (χ0v) is 11.0. The molecule has 0 aromatic heterocycles. The summed E-state index contributed by atoms with van der Waals surface area (Å²) in [4.78, 5) is 29.0. The Balaban J connectivity index is 4.68. The molecule has 4 N–H and O–H groups in total. The maximum absolute atomic E-state index is 11.3. The zero-order chi connectivity index (χ0) is 13.5. The highest BCUT2D eigenvalue weighted by atomic mass is 31.2. The molecular weight excluding hydrogens is 245 g/mol. The molecule has 0 heterocycles. The molecule has 0 saturated carbocycles. The first-order valence-corrected chi connectivity index (χ1v) is 7.26. The molecule has 0 aliphatic heterocycles. The molecule has 100 valence electrons. The van der Waals surface area contributed by atoms with Crippen LogP contribution in [0.3, 0.4) is 0 Å². The predicted octanol–water partition coefficient (Wildman–Crippen LogP) is 0.781. The van der Waals surface area contributed by atoms with Crippen LogP contribution in [-0.2, 0) is 14.1 Å². The summed E-state index contributed by atoms with van der Waals surface area (Å²) in [5, 5.41) is 0. The van der Waals surface area contributed by atoms with E-state index in [0.717, 1.165) is 6.42 Å². The molecule has 0 aromatic carbocycles. The van der Waals surface area contributed by atoms with E-state index in [0.29, 0.717) is 12.0 Å². The van der Waals surface area contributed by atoms with Gasteiger partial charge in [0.25, 0.3) is 0 Å². The summed E-state index contributed by atoms with van der Waals surface area (Å²) in [5.41, 5.74) is 6.04. The van der Waals surface area contributed by atoms with E-state index >= 15 is 0 Å². The SMILES string of the molecule is CCCC(=CC(N)C(=O)OCC)CP(=O)(O)O. The molecule has 0 radical (unpaired) electrons. The number of hydrogen-bond acceptors (Lipinski definition) is 4. The van der Waals surface area contributed by atoms with E-state index in [4.69, 9.17) is 20.3 Å². The summed E-state index contributed by atoms with van der Waals surface area (Å²) in [6.07, 6.45) is 2.23. The van der Waals surface area contributed by atoms with Crippen LogP contribution in [0.15, 0.2) is 11.6 Å². The first-order chi connectivity index (χ1) is 7.80. The summed E-state index contributed by atoms with van der Waals surface area (Å²) < 4.78 is 15.6. The molecule has 0 spiro atoms. The molecule has 0 aliphatic carbocycles. The molecule has 0 fully saturated rings. The van der Waals surface area contributed by atoms with Gasteiger partial charge in [-0.15, -0.1) is 0 Å². The van der Waals surface area contributed by atoms with Gasteiger partial charge in [0.15, 0.2) is 0 Å². The topological polar surface area (TPSA) is 110 Å². The van der Waals surface area contributed by atoms with Gasteiger partial charge in [-0.05, 0) is 13.3 Å². The number of nitrogens with two attached hydrogens (primary N) is 1. The van der Waals surface area contributed by atoms with Crippen molar-refractivity contribution in [2.24, 2.45) is 5.73 Å². The van der Waals surface area contributed by atoms with Crippen molar-refractivity contribution in [2.75, 3.05) is 12.8 Å². The van der Waals surface area contributed by atoms with Crippen LogP contribution < -0.4 is 5.73 Å². The monoisotopic (exact) mass is 265 g/mol. The lowest BCUT2D eigenvalue weighted by Crippen LogP contribution is -2.30. The van der Waals surface area contributed by atoms with Crippen LogP contribution in [0.25, 0.3) is 0 Å². The first kappa shape index (κ1) is 16.3. The smallest absolute Gasteiger partial charge is 0.329 e. The van der Waals surface area contributed by atoms with Crippen molar-refractivity contribution in [1.82, 2.24) is 0 Å². The van der Waals surface area contributed by atoms with Gasteiger partial charge in [-0.3, -0.25) is 9.36 Å². The van der Waals surface area contributed by atoms with Gasteiger partial charge < -0.3 is 20.3 Å². The van der Waals surface area contributed by atoms with Crippen molar-refractivity contribution in [3.05, 3.63) is 11.6 Å². The summed E-state index contributed by atoms with van der Waals surface area (Å²) in [6, 6.07) is -0.969. The van der Waals surface area contributed by atoms with E-state index in [1.165, 1.54) is 6.08 Å². The van der Waals surface area contributed by atoms with Crippen molar-refractivity contribution >= 4 is 13.6 Å². The van der Waals surface area contributed by atoms with Gasteiger partial charge in [0.2, 0.25) is 0 Å². The number of allylic oxidation sites excluding steroid dienone is 1. The Morgan fingerprint density at radius 2 is 2.06 bits per heavy atom. The van der Waals surface area contributed by atoms with Crippen molar-refractivity contribution in [1.29, 1.82) is 0 Å². The second kappa shape index (κ2) is 7.61. The molecule has 0 aliphatic rings. The largest absolute Gasteiger partial charge is 0.465 e. The number of hydrogen-bond donors (Lipinski definition) is 3. The Morgan fingerprint density at radius 1 is 1.47 bits per heavy atom. The van der Waals surface area contributed by atoms with Gasteiger partial charge >= 0.3 is 13.6 Å². The van der Waals surface area contributed by atoms with E-state index in [1.54, 1.807) is 6.92 Å². The van der Waals surface area contributed by atoms with Gasteiger partial charge in [0.1, 0.15) is 6.04 Å². The van der Waals surface area contributed by atoms with Crippen molar-refractivity contribution in [3.8, 4) is 0 Å². The van der Waals surface area contributed by atoms with Crippen LogP contribution in [0.1, 0.15) is 26.7 Å². The Kier molecular flexibility index (Phi) is 7.30. The van der Waals surface area contributed by atoms with Gasteiger partial charge in [-0.25, -0.2) is 0 Å². The second-order valence-corrected chi connectivity index (χ2v) is 5.32. The summed E-state index contributed by atoms with van der Waals surface area (Å²) in [7, 11) is -4.13. The third kappa shape index (κ3) is 8.10. The number of carbonyl (C=O) groups excluding carboxylic acids is 1. The fourth-order valence-corrected chi connectivity index (χ4v) is 2.15. The highest BCUT2D eigenvalue weighted by Crippen LogP contribution is 2.37. The Morgan fingerprint density at radius 3 is 2.47 bits per heavy atom. The van der Waals surface area contributed by atoms with Crippen LogP contribution in [0.4, 0.5) is 0 Å².